The number of hydrogen-bond donors (Lipinski definition) is 0. The summed E-state index contributed by atoms with van der Waals surface area (Å²) < 4.78 is 2.14. The summed E-state index contributed by atoms with van der Waals surface area (Å²) in [7, 11) is 2.05. The van der Waals surface area contributed by atoms with Crippen LogP contribution in [0.5, 0.6) is 0 Å². The zero-order valence-electron chi connectivity index (χ0n) is 12.5. The van der Waals surface area contributed by atoms with Crippen LogP contribution in [0.15, 0.2) is 48.4 Å². The number of rotatable bonds is 6. The highest BCUT2D eigenvalue weighted by atomic mass is 35.5. The first-order valence-corrected chi connectivity index (χ1v) is 8.39. The lowest BCUT2D eigenvalue weighted by atomic mass is 10.3. The fourth-order valence-electron chi connectivity index (χ4n) is 2.55. The third kappa shape index (κ3) is 3.24. The summed E-state index contributed by atoms with van der Waals surface area (Å²) in [5, 5.41) is 2.83. The number of aryl methyl sites for hydroxylation is 1. The molecule has 0 N–H and O–H groups in total. The summed E-state index contributed by atoms with van der Waals surface area (Å²) >= 11 is 7.84. The molecule has 114 valence electrons. The number of aromatic nitrogens is 2. The Morgan fingerprint density at radius 2 is 2.23 bits per heavy atom. The first-order valence-electron chi connectivity index (χ1n) is 7.14. The van der Waals surface area contributed by atoms with E-state index in [9.17, 15) is 0 Å². The summed E-state index contributed by atoms with van der Waals surface area (Å²) in [6.45, 7) is 6.40. The minimum Gasteiger partial charge on any atom is -0.330 e. The van der Waals surface area contributed by atoms with Crippen LogP contribution in [0.1, 0.15) is 10.7 Å². The molecule has 0 radical (unpaired) electrons. The molecule has 5 heteroatoms. The molecule has 0 atom stereocenters. The topological polar surface area (TPSA) is 21.1 Å². The fraction of sp³-hybridized carbons (Fsp3) is 0.235. The number of fused-ring (bicyclic) bond motifs is 1. The lowest BCUT2D eigenvalue weighted by Crippen LogP contribution is -2.24. The van der Waals surface area contributed by atoms with Crippen molar-refractivity contribution in [2.75, 3.05) is 6.54 Å². The molecule has 2 aromatic heterocycles. The standard InChI is InChI=1S/C17H18ClN3S/c1-3-8-21(11-14-5-4-9-22-14)12-17-19-15-10-13(18)6-7-16(15)20(17)2/h3-7,9-10H,1,8,11-12H2,2H3. The van der Waals surface area contributed by atoms with Gasteiger partial charge < -0.3 is 4.57 Å². The van der Waals surface area contributed by atoms with E-state index in [1.54, 1.807) is 11.3 Å². The van der Waals surface area contributed by atoms with Crippen molar-refractivity contribution in [2.45, 2.75) is 13.1 Å². The smallest absolute Gasteiger partial charge is 0.123 e. The summed E-state index contributed by atoms with van der Waals surface area (Å²) in [6.07, 6.45) is 1.94. The van der Waals surface area contributed by atoms with E-state index >= 15 is 0 Å². The van der Waals surface area contributed by atoms with E-state index in [4.69, 9.17) is 16.6 Å². The van der Waals surface area contributed by atoms with Gasteiger partial charge in [0.15, 0.2) is 0 Å². The van der Waals surface area contributed by atoms with Crippen LogP contribution in [0, 0.1) is 0 Å². The maximum atomic E-state index is 6.06. The molecule has 22 heavy (non-hydrogen) atoms. The zero-order valence-corrected chi connectivity index (χ0v) is 14.1. The van der Waals surface area contributed by atoms with E-state index in [0.29, 0.717) is 0 Å². The second-order valence-corrected chi connectivity index (χ2v) is 6.73. The molecule has 0 aliphatic rings. The molecule has 2 heterocycles. The van der Waals surface area contributed by atoms with Gasteiger partial charge in [-0.3, -0.25) is 4.90 Å². The Labute approximate surface area is 139 Å². The molecule has 3 rings (SSSR count). The summed E-state index contributed by atoms with van der Waals surface area (Å²) in [6, 6.07) is 10.1. The van der Waals surface area contributed by atoms with Gasteiger partial charge in [-0.2, -0.15) is 0 Å². The Morgan fingerprint density at radius 3 is 2.95 bits per heavy atom. The second kappa shape index (κ2) is 6.65. The van der Waals surface area contributed by atoms with E-state index in [0.717, 1.165) is 41.5 Å². The molecule has 1 aromatic carbocycles. The Morgan fingerprint density at radius 1 is 1.36 bits per heavy atom. The Hall–Kier alpha value is -1.62. The average Bonchev–Trinajstić information content (AvgIpc) is 3.08. The van der Waals surface area contributed by atoms with Crippen LogP contribution >= 0.6 is 22.9 Å². The van der Waals surface area contributed by atoms with Crippen molar-refractivity contribution in [3.05, 3.63) is 64.1 Å². The highest BCUT2D eigenvalue weighted by Crippen LogP contribution is 2.21. The Bertz CT molecular complexity index is 777. The maximum Gasteiger partial charge on any atom is 0.123 e. The molecule has 0 bridgehead atoms. The van der Waals surface area contributed by atoms with Crippen LogP contribution in [0.2, 0.25) is 5.02 Å². The predicted molar refractivity (Wildman–Crippen MR) is 94.4 cm³/mol. The monoisotopic (exact) mass is 331 g/mol. The Balaban J connectivity index is 1.85. The highest BCUT2D eigenvalue weighted by Gasteiger charge is 2.13. The summed E-state index contributed by atoms with van der Waals surface area (Å²) in [4.78, 5) is 8.42. The Kier molecular flexibility index (Phi) is 4.62. The quantitative estimate of drug-likeness (QED) is 0.621. The van der Waals surface area contributed by atoms with Crippen LogP contribution in [-0.2, 0) is 20.1 Å². The number of benzene rings is 1. The van der Waals surface area contributed by atoms with E-state index in [1.807, 2.05) is 24.3 Å². The molecule has 0 fully saturated rings. The van der Waals surface area contributed by atoms with Gasteiger partial charge in [0.05, 0.1) is 17.6 Å². The second-order valence-electron chi connectivity index (χ2n) is 5.26. The van der Waals surface area contributed by atoms with Crippen molar-refractivity contribution in [3.8, 4) is 0 Å². The van der Waals surface area contributed by atoms with Gasteiger partial charge in [0, 0.05) is 30.0 Å². The molecule has 0 spiro atoms. The van der Waals surface area contributed by atoms with Gasteiger partial charge in [-0.1, -0.05) is 23.7 Å². The van der Waals surface area contributed by atoms with Gasteiger partial charge >= 0.3 is 0 Å². The van der Waals surface area contributed by atoms with Crippen LogP contribution in [0.4, 0.5) is 0 Å². The van der Waals surface area contributed by atoms with Gasteiger partial charge in [-0.05, 0) is 29.6 Å². The number of thiophene rings is 1. The third-order valence-electron chi connectivity index (χ3n) is 3.65. The minimum atomic E-state index is 0.721. The molecule has 3 aromatic rings. The van der Waals surface area contributed by atoms with Crippen molar-refractivity contribution in [2.24, 2.45) is 7.05 Å². The molecule has 0 saturated carbocycles. The van der Waals surface area contributed by atoms with Crippen molar-refractivity contribution >= 4 is 34.0 Å². The number of hydrogen-bond acceptors (Lipinski definition) is 3. The average molecular weight is 332 g/mol. The molecular formula is C17H18ClN3S. The highest BCUT2D eigenvalue weighted by molar-refractivity contribution is 7.09. The third-order valence-corrected chi connectivity index (χ3v) is 4.74. The van der Waals surface area contributed by atoms with E-state index < -0.39 is 0 Å². The predicted octanol–water partition coefficient (Wildman–Crippen LogP) is 4.48. The van der Waals surface area contributed by atoms with Crippen LogP contribution in [0.3, 0.4) is 0 Å². The fourth-order valence-corrected chi connectivity index (χ4v) is 3.47. The summed E-state index contributed by atoms with van der Waals surface area (Å²) in [5.74, 6) is 1.04. The molecule has 0 saturated heterocycles. The SMILES string of the molecule is C=CCN(Cc1cccs1)Cc1nc2cc(Cl)ccc2n1C. The van der Waals surface area contributed by atoms with Crippen molar-refractivity contribution in [1.29, 1.82) is 0 Å². The van der Waals surface area contributed by atoms with Crippen molar-refractivity contribution in [1.82, 2.24) is 14.5 Å². The first kappa shape index (κ1) is 15.3. The number of halogens is 1. The number of nitrogens with zero attached hydrogens (tertiary/aromatic N) is 3. The van der Waals surface area contributed by atoms with Crippen LogP contribution < -0.4 is 0 Å². The van der Waals surface area contributed by atoms with Crippen molar-refractivity contribution in [3.63, 3.8) is 0 Å². The van der Waals surface area contributed by atoms with Gasteiger partial charge in [-0.15, -0.1) is 17.9 Å². The summed E-state index contributed by atoms with van der Waals surface area (Å²) in [5.41, 5.74) is 2.05. The van der Waals surface area contributed by atoms with Crippen LogP contribution in [0.25, 0.3) is 11.0 Å². The van der Waals surface area contributed by atoms with E-state index in [1.165, 1.54) is 4.88 Å². The van der Waals surface area contributed by atoms with Crippen LogP contribution in [-0.4, -0.2) is 21.0 Å². The molecular weight excluding hydrogens is 314 g/mol. The van der Waals surface area contributed by atoms with Gasteiger partial charge in [0.2, 0.25) is 0 Å². The normalized spacial score (nSPS) is 11.4. The zero-order chi connectivity index (χ0) is 15.5. The molecule has 0 aliphatic heterocycles. The molecule has 0 aliphatic carbocycles. The largest absolute Gasteiger partial charge is 0.330 e. The molecule has 0 unspecified atom stereocenters. The first-order chi connectivity index (χ1) is 10.7. The van der Waals surface area contributed by atoms with Gasteiger partial charge in [0.25, 0.3) is 0 Å². The number of imidazole rings is 1. The molecule has 3 nitrogen and oxygen atoms in total. The van der Waals surface area contributed by atoms with Gasteiger partial charge in [-0.25, -0.2) is 4.98 Å². The van der Waals surface area contributed by atoms with E-state index in [-0.39, 0.29) is 0 Å². The maximum absolute atomic E-state index is 6.06. The lowest BCUT2D eigenvalue weighted by Gasteiger charge is -2.19. The van der Waals surface area contributed by atoms with E-state index in [2.05, 4.69) is 40.6 Å². The van der Waals surface area contributed by atoms with Gasteiger partial charge in [0.1, 0.15) is 5.82 Å². The van der Waals surface area contributed by atoms with Crippen molar-refractivity contribution < 1.29 is 0 Å². The lowest BCUT2D eigenvalue weighted by molar-refractivity contribution is 0.279. The molecule has 0 amide bonds. The minimum absolute atomic E-state index is 0.721.